The number of nitrogens with one attached hydrogen (secondary N) is 1. The number of rotatable bonds is 5. The van der Waals surface area contributed by atoms with Crippen LogP contribution in [0.2, 0.25) is 0 Å². The molecule has 3 rings (SSSR count). The Hall–Kier alpha value is -4.23. The SMILES string of the molecule is COc1nc(NC(=O)C(C)c2ccccc2)c(C#N)c(-c2ccccc2F)c1C#N. The van der Waals surface area contributed by atoms with Crippen molar-refractivity contribution < 1.29 is 13.9 Å². The van der Waals surface area contributed by atoms with E-state index >= 15 is 0 Å². The summed E-state index contributed by atoms with van der Waals surface area (Å²) in [7, 11) is 1.30. The van der Waals surface area contributed by atoms with Gasteiger partial charge in [0.2, 0.25) is 11.8 Å². The number of methoxy groups -OCH3 is 1. The summed E-state index contributed by atoms with van der Waals surface area (Å²) in [6.07, 6.45) is 0. The zero-order valence-corrected chi connectivity index (χ0v) is 16.3. The van der Waals surface area contributed by atoms with Gasteiger partial charge < -0.3 is 10.1 Å². The molecular weight excluding hydrogens is 383 g/mol. The zero-order chi connectivity index (χ0) is 21.7. The molecule has 1 amide bonds. The summed E-state index contributed by atoms with van der Waals surface area (Å²) in [5.74, 6) is -1.76. The fourth-order valence-electron chi connectivity index (χ4n) is 3.07. The molecule has 30 heavy (non-hydrogen) atoms. The number of aromatic nitrogens is 1. The van der Waals surface area contributed by atoms with Crippen molar-refractivity contribution in [3.63, 3.8) is 0 Å². The van der Waals surface area contributed by atoms with Gasteiger partial charge in [-0.15, -0.1) is 0 Å². The molecule has 0 saturated carbocycles. The number of hydrogen-bond acceptors (Lipinski definition) is 5. The first-order valence-electron chi connectivity index (χ1n) is 9.04. The maximum absolute atomic E-state index is 14.5. The van der Waals surface area contributed by atoms with Gasteiger partial charge in [0.05, 0.1) is 13.0 Å². The van der Waals surface area contributed by atoms with Gasteiger partial charge in [-0.3, -0.25) is 4.79 Å². The van der Waals surface area contributed by atoms with Crippen LogP contribution < -0.4 is 10.1 Å². The van der Waals surface area contributed by atoms with Crippen LogP contribution in [-0.4, -0.2) is 18.0 Å². The summed E-state index contributed by atoms with van der Waals surface area (Å²) in [5, 5.41) is 22.0. The van der Waals surface area contributed by atoms with Crippen LogP contribution in [0.5, 0.6) is 5.88 Å². The number of ether oxygens (including phenoxy) is 1. The van der Waals surface area contributed by atoms with Crippen molar-refractivity contribution >= 4 is 11.7 Å². The second-order valence-corrected chi connectivity index (χ2v) is 6.42. The lowest BCUT2D eigenvalue weighted by Gasteiger charge is -2.17. The van der Waals surface area contributed by atoms with E-state index in [1.165, 1.54) is 25.3 Å². The lowest BCUT2D eigenvalue weighted by molar-refractivity contribution is -0.117. The van der Waals surface area contributed by atoms with Crippen molar-refractivity contribution in [2.24, 2.45) is 0 Å². The van der Waals surface area contributed by atoms with Crippen LogP contribution in [0.1, 0.15) is 29.5 Å². The lowest BCUT2D eigenvalue weighted by Crippen LogP contribution is -2.21. The number of nitriles is 2. The van der Waals surface area contributed by atoms with E-state index in [-0.39, 0.29) is 34.0 Å². The second kappa shape index (κ2) is 8.85. The smallest absolute Gasteiger partial charge is 0.234 e. The molecule has 1 atom stereocenters. The number of carbonyl (C=O) groups excluding carboxylic acids is 1. The summed E-state index contributed by atoms with van der Waals surface area (Å²) < 4.78 is 19.7. The third-order valence-electron chi connectivity index (χ3n) is 4.66. The summed E-state index contributed by atoms with van der Waals surface area (Å²) >= 11 is 0. The van der Waals surface area contributed by atoms with Crippen LogP contribution in [0, 0.1) is 28.5 Å². The highest BCUT2D eigenvalue weighted by molar-refractivity contribution is 5.97. The van der Waals surface area contributed by atoms with E-state index < -0.39 is 17.6 Å². The zero-order valence-electron chi connectivity index (χ0n) is 16.3. The van der Waals surface area contributed by atoms with Crippen molar-refractivity contribution in [3.05, 3.63) is 77.1 Å². The van der Waals surface area contributed by atoms with Crippen LogP contribution in [-0.2, 0) is 4.79 Å². The highest BCUT2D eigenvalue weighted by Gasteiger charge is 2.26. The molecule has 1 heterocycles. The number of pyridine rings is 1. The highest BCUT2D eigenvalue weighted by atomic mass is 19.1. The predicted octanol–water partition coefficient (Wildman–Crippen LogP) is 4.38. The minimum absolute atomic E-state index is 0.0209. The summed E-state index contributed by atoms with van der Waals surface area (Å²) in [4.78, 5) is 17.0. The quantitative estimate of drug-likeness (QED) is 0.685. The molecule has 0 aliphatic heterocycles. The molecule has 0 bridgehead atoms. The molecule has 7 heteroatoms. The largest absolute Gasteiger partial charge is 0.480 e. The first-order chi connectivity index (χ1) is 14.5. The predicted molar refractivity (Wildman–Crippen MR) is 109 cm³/mol. The Balaban J connectivity index is 2.15. The molecule has 0 radical (unpaired) electrons. The molecule has 0 aliphatic carbocycles. The molecule has 0 spiro atoms. The van der Waals surface area contributed by atoms with E-state index in [1.807, 2.05) is 42.5 Å². The fourth-order valence-corrected chi connectivity index (χ4v) is 3.07. The van der Waals surface area contributed by atoms with Gasteiger partial charge in [-0.05, 0) is 18.6 Å². The van der Waals surface area contributed by atoms with Gasteiger partial charge >= 0.3 is 0 Å². The van der Waals surface area contributed by atoms with Crippen LogP contribution >= 0.6 is 0 Å². The van der Waals surface area contributed by atoms with Gasteiger partial charge in [-0.25, -0.2) is 4.39 Å². The van der Waals surface area contributed by atoms with Gasteiger partial charge in [-0.1, -0.05) is 48.5 Å². The number of carbonyl (C=O) groups is 1. The number of anilines is 1. The third-order valence-corrected chi connectivity index (χ3v) is 4.66. The summed E-state index contributed by atoms with van der Waals surface area (Å²) in [6.45, 7) is 1.72. The number of halogens is 1. The minimum Gasteiger partial charge on any atom is -0.480 e. The fraction of sp³-hybridized carbons (Fsp3) is 0.130. The minimum atomic E-state index is -0.617. The molecule has 3 aromatic rings. The molecular formula is C23H17FN4O2. The lowest BCUT2D eigenvalue weighted by atomic mass is 9.95. The van der Waals surface area contributed by atoms with E-state index in [9.17, 15) is 19.7 Å². The van der Waals surface area contributed by atoms with Crippen LogP contribution in [0.4, 0.5) is 10.2 Å². The van der Waals surface area contributed by atoms with E-state index in [0.29, 0.717) is 0 Å². The van der Waals surface area contributed by atoms with Crippen LogP contribution in [0.15, 0.2) is 54.6 Å². The topological polar surface area (TPSA) is 98.8 Å². The normalized spacial score (nSPS) is 11.1. The van der Waals surface area contributed by atoms with Crippen molar-refractivity contribution in [2.45, 2.75) is 12.8 Å². The molecule has 0 fully saturated rings. The molecule has 1 unspecified atom stereocenters. The molecule has 2 aromatic carbocycles. The highest BCUT2D eigenvalue weighted by Crippen LogP contribution is 2.37. The maximum atomic E-state index is 14.5. The third kappa shape index (κ3) is 3.82. The van der Waals surface area contributed by atoms with Crippen molar-refractivity contribution in [3.8, 4) is 29.1 Å². The molecule has 1 aromatic heterocycles. The van der Waals surface area contributed by atoms with Crippen LogP contribution in [0.3, 0.4) is 0 Å². The van der Waals surface area contributed by atoms with Gasteiger partial charge in [0.15, 0.2) is 5.82 Å². The second-order valence-electron chi connectivity index (χ2n) is 6.42. The maximum Gasteiger partial charge on any atom is 0.234 e. The Kier molecular flexibility index (Phi) is 6.05. The Bertz CT molecular complexity index is 1180. The number of benzene rings is 2. The average Bonchev–Trinajstić information content (AvgIpc) is 2.78. The monoisotopic (exact) mass is 400 g/mol. The Labute approximate surface area is 173 Å². The molecule has 148 valence electrons. The van der Waals surface area contributed by atoms with E-state index in [1.54, 1.807) is 13.0 Å². The number of nitrogens with zero attached hydrogens (tertiary/aromatic N) is 3. The van der Waals surface area contributed by atoms with E-state index in [2.05, 4.69) is 10.3 Å². The molecule has 0 saturated heterocycles. The van der Waals surface area contributed by atoms with Crippen molar-refractivity contribution in [1.82, 2.24) is 4.98 Å². The van der Waals surface area contributed by atoms with Crippen molar-refractivity contribution in [2.75, 3.05) is 12.4 Å². The van der Waals surface area contributed by atoms with Gasteiger partial charge in [-0.2, -0.15) is 15.5 Å². The van der Waals surface area contributed by atoms with Gasteiger partial charge in [0.1, 0.15) is 29.1 Å². The van der Waals surface area contributed by atoms with Crippen LogP contribution in [0.25, 0.3) is 11.1 Å². The van der Waals surface area contributed by atoms with Gasteiger partial charge in [0, 0.05) is 11.1 Å². The Morgan fingerprint density at radius 1 is 1.07 bits per heavy atom. The Morgan fingerprint density at radius 2 is 1.70 bits per heavy atom. The average molecular weight is 400 g/mol. The van der Waals surface area contributed by atoms with Crippen molar-refractivity contribution in [1.29, 1.82) is 10.5 Å². The first kappa shape index (κ1) is 20.5. The standard InChI is InChI=1S/C23H17FN4O2/c1-14(15-8-4-3-5-9-15)22(29)27-21-17(12-25)20(16-10-6-7-11-19(16)24)18(13-26)23(28-21)30-2/h3-11,14H,1-2H3,(H,27,28,29). The van der Waals surface area contributed by atoms with E-state index in [0.717, 1.165) is 5.56 Å². The molecule has 1 N–H and O–H groups in total. The number of amides is 1. The Morgan fingerprint density at radius 3 is 2.30 bits per heavy atom. The summed E-state index contributed by atoms with van der Waals surface area (Å²) in [6, 6.07) is 18.7. The first-order valence-corrected chi connectivity index (χ1v) is 9.04. The van der Waals surface area contributed by atoms with Gasteiger partial charge in [0.25, 0.3) is 0 Å². The summed E-state index contributed by atoms with van der Waals surface area (Å²) in [5.41, 5.74) is 0.633. The molecule has 0 aliphatic rings. The number of hydrogen-bond donors (Lipinski definition) is 1. The molecule has 6 nitrogen and oxygen atoms in total. The van der Waals surface area contributed by atoms with E-state index in [4.69, 9.17) is 4.74 Å².